The van der Waals surface area contributed by atoms with Crippen molar-refractivity contribution in [2.45, 2.75) is 51.5 Å². The van der Waals surface area contributed by atoms with Gasteiger partial charge in [-0.1, -0.05) is 0 Å². The van der Waals surface area contributed by atoms with Crippen LogP contribution in [0.4, 0.5) is 17.6 Å². The Hall–Kier alpha value is -4.61. The van der Waals surface area contributed by atoms with Gasteiger partial charge >= 0.3 is 6.55 Å². The van der Waals surface area contributed by atoms with Gasteiger partial charge in [0.1, 0.15) is 40.8 Å². The summed E-state index contributed by atoms with van der Waals surface area (Å²) in [6, 6.07) is 6.97. The fourth-order valence-electron chi connectivity index (χ4n) is 6.31. The minimum atomic E-state index is -2.71. The Balaban J connectivity index is 1.38. The SMILES string of the molecule is COc1cc(C(=O)NC[C@H](c2cc3c(c(-c4cc(F)c(C)cc4F)n2)OC[C@]3(C)C(N)=O)C2CC2)cc2c1=C(C)CN(C(F)F)C=2. The molecule has 1 aliphatic carbocycles. The number of benzene rings is 2. The number of nitrogens with one attached hydrogen (secondary N) is 1. The predicted octanol–water partition coefficient (Wildman–Crippen LogP) is 3.85. The Morgan fingerprint density at radius 3 is 2.54 bits per heavy atom. The molecule has 0 radical (unpaired) electrons. The normalized spacial score (nSPS) is 19.2. The lowest BCUT2D eigenvalue weighted by Gasteiger charge is -2.24. The number of hydrogen-bond acceptors (Lipinski definition) is 6. The van der Waals surface area contributed by atoms with Gasteiger partial charge in [-0.15, -0.1) is 0 Å². The Kier molecular flexibility index (Phi) is 7.94. The molecule has 1 saturated carbocycles. The van der Waals surface area contributed by atoms with Crippen LogP contribution < -0.4 is 31.0 Å². The molecule has 2 aliphatic heterocycles. The van der Waals surface area contributed by atoms with Crippen molar-refractivity contribution in [2.24, 2.45) is 11.7 Å². The summed E-state index contributed by atoms with van der Waals surface area (Å²) in [5, 5.41) is 4.05. The fourth-order valence-corrected chi connectivity index (χ4v) is 6.31. The van der Waals surface area contributed by atoms with E-state index in [0.717, 1.165) is 29.9 Å². The number of carbonyl (C=O) groups is 2. The van der Waals surface area contributed by atoms with E-state index in [0.29, 0.717) is 33.0 Å². The summed E-state index contributed by atoms with van der Waals surface area (Å²) in [7, 11) is 1.45. The summed E-state index contributed by atoms with van der Waals surface area (Å²) in [5.41, 5.74) is 6.41. The van der Waals surface area contributed by atoms with Gasteiger partial charge in [-0.05, 0) is 81.0 Å². The Morgan fingerprint density at radius 2 is 1.89 bits per heavy atom. The summed E-state index contributed by atoms with van der Waals surface area (Å²) >= 11 is 0. The van der Waals surface area contributed by atoms with Crippen molar-refractivity contribution >= 4 is 23.6 Å². The number of aromatic nitrogens is 1. The smallest absolute Gasteiger partial charge is 0.315 e. The molecule has 0 bridgehead atoms. The molecule has 2 aromatic carbocycles. The van der Waals surface area contributed by atoms with E-state index >= 15 is 4.39 Å². The van der Waals surface area contributed by atoms with Crippen LogP contribution in [-0.2, 0) is 10.2 Å². The Morgan fingerprint density at radius 1 is 1.15 bits per heavy atom. The van der Waals surface area contributed by atoms with E-state index in [1.807, 2.05) is 0 Å². The van der Waals surface area contributed by atoms with Crippen molar-refractivity contribution in [3.8, 4) is 22.8 Å². The molecular weight excluding hydrogens is 604 g/mol. The van der Waals surface area contributed by atoms with Gasteiger partial charge in [0.2, 0.25) is 5.91 Å². The predicted molar refractivity (Wildman–Crippen MR) is 163 cm³/mol. The molecule has 46 heavy (non-hydrogen) atoms. The second kappa shape index (κ2) is 11.6. The number of halogens is 4. The van der Waals surface area contributed by atoms with Crippen molar-refractivity contribution in [2.75, 3.05) is 26.8 Å². The highest BCUT2D eigenvalue weighted by Gasteiger charge is 2.45. The van der Waals surface area contributed by atoms with Gasteiger partial charge in [-0.25, -0.2) is 13.8 Å². The number of rotatable bonds is 9. The van der Waals surface area contributed by atoms with Gasteiger partial charge < -0.3 is 25.4 Å². The lowest BCUT2D eigenvalue weighted by molar-refractivity contribution is -0.123. The zero-order valence-electron chi connectivity index (χ0n) is 25.8. The summed E-state index contributed by atoms with van der Waals surface area (Å²) < 4.78 is 68.4. The average molecular weight is 639 g/mol. The van der Waals surface area contributed by atoms with Crippen LogP contribution in [-0.4, -0.2) is 55.1 Å². The minimum Gasteiger partial charge on any atom is -0.496 e. The third-order valence-corrected chi connectivity index (χ3v) is 9.21. The zero-order chi connectivity index (χ0) is 33.1. The molecule has 3 N–H and O–H groups in total. The molecule has 8 nitrogen and oxygen atoms in total. The molecule has 12 heteroatoms. The van der Waals surface area contributed by atoms with Crippen LogP contribution in [0.2, 0.25) is 0 Å². The zero-order valence-corrected chi connectivity index (χ0v) is 25.8. The first-order valence-corrected chi connectivity index (χ1v) is 15.0. The van der Waals surface area contributed by atoms with Gasteiger partial charge in [0.25, 0.3) is 5.91 Å². The highest BCUT2D eigenvalue weighted by molar-refractivity contribution is 5.95. The third-order valence-electron chi connectivity index (χ3n) is 9.21. The second-order valence-corrected chi connectivity index (χ2v) is 12.5. The molecule has 1 aromatic heterocycles. The van der Waals surface area contributed by atoms with Crippen LogP contribution in [0.25, 0.3) is 23.0 Å². The highest BCUT2D eigenvalue weighted by atomic mass is 19.3. The topological polar surface area (TPSA) is 107 Å². The molecule has 3 aromatic rings. The number of methoxy groups -OCH3 is 1. The van der Waals surface area contributed by atoms with E-state index in [2.05, 4.69) is 5.32 Å². The standard InChI is InChI=1S/C34H34F4N4O4/c1-16-7-25(36)21(10-24(16)35)29-30-23(34(3,15-46-30)32(39)44)11-26(41-29)22(18-5-6-18)12-40-31(43)19-8-20-14-42(33(37)38)13-17(2)28(20)27(9-19)45-4/h7-11,14,18,22,33H,5-6,12-13,15H2,1-4H3,(H2,39,44)(H,40,43)/t22-,34-/m0/s1. The number of carbonyl (C=O) groups excluding carboxylic acids is 2. The summed E-state index contributed by atoms with van der Waals surface area (Å²) in [6.07, 6.45) is 3.03. The molecule has 0 spiro atoms. The van der Waals surface area contributed by atoms with Crippen LogP contribution >= 0.6 is 0 Å². The molecule has 6 rings (SSSR count). The van der Waals surface area contributed by atoms with Gasteiger partial charge in [0.05, 0.1) is 7.11 Å². The number of amides is 2. The monoisotopic (exact) mass is 638 g/mol. The maximum Gasteiger partial charge on any atom is 0.315 e. The largest absolute Gasteiger partial charge is 0.496 e. The van der Waals surface area contributed by atoms with Crippen molar-refractivity contribution in [1.82, 2.24) is 15.2 Å². The number of alkyl halides is 2. The lowest BCUT2D eigenvalue weighted by atomic mass is 9.82. The number of ether oxygens (including phenoxy) is 2. The number of nitrogens with zero attached hydrogens (tertiary/aromatic N) is 2. The first kappa shape index (κ1) is 31.4. The van der Waals surface area contributed by atoms with Gasteiger partial charge in [0, 0.05) is 58.0 Å². The Bertz CT molecular complexity index is 1890. The van der Waals surface area contributed by atoms with Crippen LogP contribution in [0, 0.1) is 24.5 Å². The summed E-state index contributed by atoms with van der Waals surface area (Å²) in [5.74, 6) is -2.08. The molecular formula is C34H34F4N4O4. The highest BCUT2D eigenvalue weighted by Crippen LogP contribution is 2.48. The number of fused-ring (bicyclic) bond motifs is 2. The van der Waals surface area contributed by atoms with Crippen molar-refractivity contribution < 1.29 is 36.6 Å². The average Bonchev–Trinajstić information content (AvgIpc) is 3.80. The lowest BCUT2D eigenvalue weighted by Crippen LogP contribution is -2.41. The summed E-state index contributed by atoms with van der Waals surface area (Å²) in [6.45, 7) is 2.19. The number of primary amides is 1. The molecule has 1 fully saturated rings. The first-order chi connectivity index (χ1) is 21.8. The van der Waals surface area contributed by atoms with Gasteiger partial charge in [-0.2, -0.15) is 8.78 Å². The molecule has 0 unspecified atom stereocenters. The number of nitrogens with two attached hydrogens (primary N) is 1. The fraction of sp³-hybridized carbons (Fsp3) is 0.382. The molecule has 2 amide bonds. The first-order valence-electron chi connectivity index (χ1n) is 15.0. The Labute approximate surface area is 262 Å². The van der Waals surface area contributed by atoms with Crippen LogP contribution in [0.15, 0.2) is 30.3 Å². The van der Waals surface area contributed by atoms with E-state index in [9.17, 15) is 22.8 Å². The number of aryl methyl sites for hydroxylation is 1. The van der Waals surface area contributed by atoms with E-state index in [4.69, 9.17) is 20.2 Å². The quantitative estimate of drug-likeness (QED) is 0.273. The number of hydrogen-bond donors (Lipinski definition) is 2. The van der Waals surface area contributed by atoms with E-state index < -0.39 is 35.4 Å². The minimum absolute atomic E-state index is 0.0321. The van der Waals surface area contributed by atoms with Crippen molar-refractivity contribution in [3.63, 3.8) is 0 Å². The molecule has 3 aliphatic rings. The van der Waals surface area contributed by atoms with Crippen LogP contribution in [0.5, 0.6) is 11.5 Å². The molecule has 242 valence electrons. The third kappa shape index (κ3) is 5.43. The molecule has 2 atom stereocenters. The number of pyridine rings is 1. The van der Waals surface area contributed by atoms with Crippen molar-refractivity contribution in [1.29, 1.82) is 0 Å². The molecule has 0 saturated heterocycles. The van der Waals surface area contributed by atoms with Gasteiger partial charge in [0.15, 0.2) is 0 Å². The van der Waals surface area contributed by atoms with Crippen LogP contribution in [0.3, 0.4) is 0 Å². The maximum absolute atomic E-state index is 15.3. The van der Waals surface area contributed by atoms with Crippen LogP contribution in [0.1, 0.15) is 59.8 Å². The van der Waals surface area contributed by atoms with Gasteiger partial charge in [-0.3, -0.25) is 9.59 Å². The maximum atomic E-state index is 15.3. The second-order valence-electron chi connectivity index (χ2n) is 12.5. The van der Waals surface area contributed by atoms with E-state index in [1.165, 1.54) is 20.2 Å². The molecule has 3 heterocycles. The van der Waals surface area contributed by atoms with E-state index in [-0.39, 0.29) is 59.7 Å². The summed E-state index contributed by atoms with van der Waals surface area (Å²) in [4.78, 5) is 31.8. The van der Waals surface area contributed by atoms with Crippen molar-refractivity contribution in [3.05, 3.63) is 74.8 Å². The van der Waals surface area contributed by atoms with E-state index in [1.54, 1.807) is 32.0 Å².